The van der Waals surface area contributed by atoms with Gasteiger partial charge in [-0.3, -0.25) is 4.90 Å². The van der Waals surface area contributed by atoms with Crippen molar-refractivity contribution in [3.05, 3.63) is 65.5 Å². The van der Waals surface area contributed by atoms with Crippen molar-refractivity contribution < 1.29 is 4.39 Å². The molecular weight excluding hydrogens is 289 g/mol. The Morgan fingerprint density at radius 2 is 1.65 bits per heavy atom. The quantitative estimate of drug-likeness (QED) is 0.942. The Hall–Kier alpha value is -1.91. The summed E-state index contributed by atoms with van der Waals surface area (Å²) in [5.41, 5.74) is 9.78. The summed E-state index contributed by atoms with van der Waals surface area (Å²) in [6.07, 6.45) is 0. The molecule has 1 aliphatic heterocycles. The molecule has 0 aliphatic carbocycles. The highest BCUT2D eigenvalue weighted by Gasteiger charge is 2.25. The highest BCUT2D eigenvalue weighted by molar-refractivity contribution is 5.46. The molecule has 1 saturated heterocycles. The average molecular weight is 313 g/mol. The minimum Gasteiger partial charge on any atom is -0.369 e. The van der Waals surface area contributed by atoms with E-state index < -0.39 is 0 Å². The number of aryl methyl sites for hydroxylation is 1. The van der Waals surface area contributed by atoms with Crippen LogP contribution in [0.4, 0.5) is 10.1 Å². The third-order valence-corrected chi connectivity index (χ3v) is 4.72. The van der Waals surface area contributed by atoms with Crippen molar-refractivity contribution >= 4 is 5.69 Å². The molecule has 23 heavy (non-hydrogen) atoms. The predicted molar refractivity (Wildman–Crippen MR) is 93.2 cm³/mol. The van der Waals surface area contributed by atoms with Gasteiger partial charge >= 0.3 is 0 Å². The Morgan fingerprint density at radius 1 is 1.00 bits per heavy atom. The molecule has 0 bridgehead atoms. The Balaban J connectivity index is 1.68. The van der Waals surface area contributed by atoms with Crippen molar-refractivity contribution in [2.45, 2.75) is 13.0 Å². The van der Waals surface area contributed by atoms with Crippen LogP contribution in [0.1, 0.15) is 17.2 Å². The van der Waals surface area contributed by atoms with Crippen LogP contribution >= 0.6 is 0 Å². The SMILES string of the molecule is Cc1ccccc1C(CN)N1CCN(c2ccc(F)cc2)CC1. The zero-order valence-corrected chi connectivity index (χ0v) is 13.6. The number of piperazine rings is 1. The van der Waals surface area contributed by atoms with Crippen LogP contribution < -0.4 is 10.6 Å². The van der Waals surface area contributed by atoms with Gasteiger partial charge in [0, 0.05) is 44.5 Å². The second kappa shape index (κ2) is 7.11. The van der Waals surface area contributed by atoms with Crippen molar-refractivity contribution in [2.24, 2.45) is 5.73 Å². The molecule has 1 aliphatic rings. The summed E-state index contributed by atoms with van der Waals surface area (Å²) in [4.78, 5) is 4.77. The van der Waals surface area contributed by atoms with E-state index in [1.807, 2.05) is 12.1 Å². The predicted octanol–water partition coefficient (Wildman–Crippen LogP) is 2.96. The van der Waals surface area contributed by atoms with E-state index in [-0.39, 0.29) is 11.9 Å². The number of anilines is 1. The van der Waals surface area contributed by atoms with E-state index in [4.69, 9.17) is 5.73 Å². The highest BCUT2D eigenvalue weighted by Crippen LogP contribution is 2.25. The largest absolute Gasteiger partial charge is 0.369 e. The van der Waals surface area contributed by atoms with Crippen LogP contribution in [0.15, 0.2) is 48.5 Å². The van der Waals surface area contributed by atoms with Crippen molar-refractivity contribution in [3.63, 3.8) is 0 Å². The number of nitrogens with zero attached hydrogens (tertiary/aromatic N) is 2. The van der Waals surface area contributed by atoms with E-state index in [9.17, 15) is 4.39 Å². The molecule has 2 aromatic carbocycles. The Kier molecular flexibility index (Phi) is 4.94. The van der Waals surface area contributed by atoms with Crippen molar-refractivity contribution in [1.29, 1.82) is 0 Å². The van der Waals surface area contributed by atoms with Crippen LogP contribution in [0.25, 0.3) is 0 Å². The Labute approximate surface area is 137 Å². The summed E-state index contributed by atoms with van der Waals surface area (Å²) in [7, 11) is 0. The maximum atomic E-state index is 13.1. The van der Waals surface area contributed by atoms with E-state index in [0.29, 0.717) is 6.54 Å². The first kappa shape index (κ1) is 16.0. The second-order valence-electron chi connectivity index (χ2n) is 6.11. The molecule has 3 rings (SSSR count). The van der Waals surface area contributed by atoms with Crippen LogP contribution in [-0.2, 0) is 0 Å². The van der Waals surface area contributed by atoms with E-state index >= 15 is 0 Å². The first-order chi connectivity index (χ1) is 11.2. The molecule has 1 fully saturated rings. The molecule has 0 amide bonds. The number of rotatable bonds is 4. The second-order valence-corrected chi connectivity index (χ2v) is 6.11. The molecule has 2 aromatic rings. The van der Waals surface area contributed by atoms with Gasteiger partial charge in [0.15, 0.2) is 0 Å². The molecule has 122 valence electrons. The van der Waals surface area contributed by atoms with Gasteiger partial charge in [0.05, 0.1) is 0 Å². The molecule has 0 radical (unpaired) electrons. The van der Waals surface area contributed by atoms with Gasteiger partial charge < -0.3 is 10.6 Å². The first-order valence-electron chi connectivity index (χ1n) is 8.19. The number of benzene rings is 2. The lowest BCUT2D eigenvalue weighted by Crippen LogP contribution is -2.49. The lowest BCUT2D eigenvalue weighted by Gasteiger charge is -2.40. The van der Waals surface area contributed by atoms with Gasteiger partial charge in [0.1, 0.15) is 5.82 Å². The zero-order chi connectivity index (χ0) is 16.2. The van der Waals surface area contributed by atoms with Gasteiger partial charge in [-0.05, 0) is 42.3 Å². The normalized spacial score (nSPS) is 17.3. The van der Waals surface area contributed by atoms with Crippen molar-refractivity contribution in [1.82, 2.24) is 4.90 Å². The monoisotopic (exact) mass is 313 g/mol. The first-order valence-corrected chi connectivity index (χ1v) is 8.19. The van der Waals surface area contributed by atoms with Gasteiger partial charge in [-0.15, -0.1) is 0 Å². The minimum atomic E-state index is -0.185. The third kappa shape index (κ3) is 3.54. The number of hydrogen-bond acceptors (Lipinski definition) is 3. The summed E-state index contributed by atoms with van der Waals surface area (Å²) < 4.78 is 13.1. The van der Waals surface area contributed by atoms with E-state index in [1.165, 1.54) is 23.3 Å². The molecule has 3 nitrogen and oxygen atoms in total. The Morgan fingerprint density at radius 3 is 2.26 bits per heavy atom. The molecule has 0 spiro atoms. The molecule has 2 N–H and O–H groups in total. The summed E-state index contributed by atoms with van der Waals surface area (Å²) in [5, 5.41) is 0. The van der Waals surface area contributed by atoms with Gasteiger partial charge in [-0.2, -0.15) is 0 Å². The van der Waals surface area contributed by atoms with Crippen LogP contribution in [0.5, 0.6) is 0 Å². The maximum absolute atomic E-state index is 13.1. The van der Waals surface area contributed by atoms with E-state index in [1.54, 1.807) is 0 Å². The van der Waals surface area contributed by atoms with Gasteiger partial charge in [-0.1, -0.05) is 24.3 Å². The molecule has 0 aromatic heterocycles. The molecule has 0 saturated carbocycles. The van der Waals surface area contributed by atoms with Gasteiger partial charge in [0.2, 0.25) is 0 Å². The summed E-state index contributed by atoms with van der Waals surface area (Å²) in [6.45, 7) is 6.58. The lowest BCUT2D eigenvalue weighted by molar-refractivity contribution is 0.189. The van der Waals surface area contributed by atoms with E-state index in [2.05, 4.69) is 41.0 Å². The van der Waals surface area contributed by atoms with Crippen LogP contribution in [-0.4, -0.2) is 37.6 Å². The van der Waals surface area contributed by atoms with E-state index in [0.717, 1.165) is 31.9 Å². The fourth-order valence-corrected chi connectivity index (χ4v) is 3.38. The number of nitrogens with two attached hydrogens (primary N) is 1. The zero-order valence-electron chi connectivity index (χ0n) is 13.6. The van der Waals surface area contributed by atoms with Gasteiger partial charge in [-0.25, -0.2) is 4.39 Å². The topological polar surface area (TPSA) is 32.5 Å². The summed E-state index contributed by atoms with van der Waals surface area (Å²) >= 11 is 0. The van der Waals surface area contributed by atoms with Crippen molar-refractivity contribution in [3.8, 4) is 0 Å². The summed E-state index contributed by atoms with van der Waals surface area (Å²) in [6, 6.07) is 15.5. The highest BCUT2D eigenvalue weighted by atomic mass is 19.1. The fourth-order valence-electron chi connectivity index (χ4n) is 3.38. The molecule has 1 heterocycles. The number of halogens is 1. The molecule has 4 heteroatoms. The fraction of sp³-hybridized carbons (Fsp3) is 0.368. The van der Waals surface area contributed by atoms with Gasteiger partial charge in [0.25, 0.3) is 0 Å². The van der Waals surface area contributed by atoms with Crippen LogP contribution in [0, 0.1) is 12.7 Å². The summed E-state index contributed by atoms with van der Waals surface area (Å²) in [5.74, 6) is -0.185. The number of hydrogen-bond donors (Lipinski definition) is 1. The van der Waals surface area contributed by atoms with Crippen LogP contribution in [0.2, 0.25) is 0 Å². The minimum absolute atomic E-state index is 0.185. The standard InChI is InChI=1S/C19H24FN3/c1-15-4-2-3-5-18(15)19(14-21)23-12-10-22(11-13-23)17-8-6-16(20)7-9-17/h2-9,19H,10-14,21H2,1H3. The van der Waals surface area contributed by atoms with Crippen molar-refractivity contribution in [2.75, 3.05) is 37.6 Å². The smallest absolute Gasteiger partial charge is 0.123 e. The maximum Gasteiger partial charge on any atom is 0.123 e. The average Bonchev–Trinajstić information content (AvgIpc) is 2.59. The molecule has 1 unspecified atom stereocenters. The third-order valence-electron chi connectivity index (χ3n) is 4.72. The molecule has 1 atom stereocenters. The lowest BCUT2D eigenvalue weighted by atomic mass is 9.99. The Bertz CT molecular complexity index is 633. The van der Waals surface area contributed by atoms with Crippen LogP contribution in [0.3, 0.4) is 0 Å². The molecular formula is C19H24FN3.